The first-order valence-corrected chi connectivity index (χ1v) is 8.72. The Kier molecular flexibility index (Phi) is 9.82. The molecule has 0 aliphatic heterocycles. The number of benzene rings is 1. The largest absolute Gasteiger partial charge is 0.493 e. The molecular weight excluding hydrogens is 350 g/mol. The minimum Gasteiger partial charge on any atom is -0.493 e. The van der Waals surface area contributed by atoms with Gasteiger partial charge in [0.2, 0.25) is 0 Å². The number of thioether (sulfide) groups is 1. The fraction of sp³-hybridized carbons (Fsp3) is 0.400. The van der Waals surface area contributed by atoms with Crippen LogP contribution in [-0.4, -0.2) is 44.2 Å². The SMILES string of the molecule is C=CCNC(=NC)NCCSCCOc1cccc(Br)c1. The summed E-state index contributed by atoms with van der Waals surface area (Å²) in [6, 6.07) is 7.90. The summed E-state index contributed by atoms with van der Waals surface area (Å²) in [5.41, 5.74) is 0. The second-order valence-electron chi connectivity index (χ2n) is 4.09. The first-order chi connectivity index (χ1) is 10.3. The topological polar surface area (TPSA) is 45.7 Å². The second kappa shape index (κ2) is 11.5. The Morgan fingerprint density at radius 1 is 1.43 bits per heavy atom. The fourth-order valence-corrected chi connectivity index (χ4v) is 2.54. The van der Waals surface area contributed by atoms with Gasteiger partial charge in [-0.1, -0.05) is 28.1 Å². The third-order valence-electron chi connectivity index (χ3n) is 2.47. The molecule has 0 spiro atoms. The Bertz CT molecular complexity index is 454. The van der Waals surface area contributed by atoms with Crippen molar-refractivity contribution in [2.75, 3.05) is 38.2 Å². The highest BCUT2D eigenvalue weighted by Gasteiger charge is 1.97. The molecule has 0 atom stereocenters. The highest BCUT2D eigenvalue weighted by atomic mass is 79.9. The van der Waals surface area contributed by atoms with Gasteiger partial charge in [0, 0.05) is 36.1 Å². The van der Waals surface area contributed by atoms with E-state index in [1.165, 1.54) is 0 Å². The monoisotopic (exact) mass is 371 g/mol. The van der Waals surface area contributed by atoms with Gasteiger partial charge in [0.25, 0.3) is 0 Å². The molecule has 0 aliphatic rings. The van der Waals surface area contributed by atoms with Gasteiger partial charge in [-0.15, -0.1) is 6.58 Å². The van der Waals surface area contributed by atoms with Gasteiger partial charge in [-0.3, -0.25) is 4.99 Å². The number of halogens is 1. The normalized spacial score (nSPS) is 11.0. The molecule has 0 aromatic heterocycles. The maximum absolute atomic E-state index is 5.67. The summed E-state index contributed by atoms with van der Waals surface area (Å²) in [6.07, 6.45) is 1.81. The zero-order valence-electron chi connectivity index (χ0n) is 12.3. The molecular formula is C15H22BrN3OS. The van der Waals surface area contributed by atoms with Crippen LogP contribution in [0.1, 0.15) is 0 Å². The van der Waals surface area contributed by atoms with Crippen LogP contribution >= 0.6 is 27.7 Å². The quantitative estimate of drug-likeness (QED) is 0.303. The maximum Gasteiger partial charge on any atom is 0.191 e. The van der Waals surface area contributed by atoms with Crippen molar-refractivity contribution in [3.05, 3.63) is 41.4 Å². The summed E-state index contributed by atoms with van der Waals surface area (Å²) in [5.74, 6) is 3.68. The number of hydrogen-bond acceptors (Lipinski definition) is 3. The predicted molar refractivity (Wildman–Crippen MR) is 96.5 cm³/mol. The number of guanidine groups is 1. The molecule has 0 saturated carbocycles. The van der Waals surface area contributed by atoms with E-state index in [1.807, 2.05) is 36.0 Å². The number of ether oxygens (including phenoxy) is 1. The third-order valence-corrected chi connectivity index (χ3v) is 3.91. The Hall–Kier alpha value is -1.14. The predicted octanol–water partition coefficient (Wildman–Crippen LogP) is 2.91. The average Bonchev–Trinajstić information content (AvgIpc) is 2.49. The van der Waals surface area contributed by atoms with Crippen molar-refractivity contribution < 1.29 is 4.74 Å². The summed E-state index contributed by atoms with van der Waals surface area (Å²) in [4.78, 5) is 4.12. The number of rotatable bonds is 9. The lowest BCUT2D eigenvalue weighted by Crippen LogP contribution is -2.38. The van der Waals surface area contributed by atoms with E-state index >= 15 is 0 Å². The molecule has 0 heterocycles. The van der Waals surface area contributed by atoms with E-state index in [4.69, 9.17) is 4.74 Å². The molecule has 0 bridgehead atoms. The van der Waals surface area contributed by atoms with Crippen molar-refractivity contribution in [1.29, 1.82) is 0 Å². The second-order valence-corrected chi connectivity index (χ2v) is 6.23. The molecule has 0 aliphatic carbocycles. The molecule has 0 unspecified atom stereocenters. The summed E-state index contributed by atoms with van der Waals surface area (Å²) in [5, 5.41) is 6.37. The van der Waals surface area contributed by atoms with E-state index in [0.717, 1.165) is 34.2 Å². The first-order valence-electron chi connectivity index (χ1n) is 6.77. The summed E-state index contributed by atoms with van der Waals surface area (Å²) >= 11 is 5.28. The molecule has 0 saturated heterocycles. The van der Waals surface area contributed by atoms with Crippen molar-refractivity contribution in [2.24, 2.45) is 4.99 Å². The van der Waals surface area contributed by atoms with Crippen LogP contribution in [0.2, 0.25) is 0 Å². The molecule has 0 amide bonds. The molecule has 1 rings (SSSR count). The van der Waals surface area contributed by atoms with E-state index in [0.29, 0.717) is 13.2 Å². The number of nitrogens with zero attached hydrogens (tertiary/aromatic N) is 1. The Morgan fingerprint density at radius 2 is 2.29 bits per heavy atom. The highest BCUT2D eigenvalue weighted by Crippen LogP contribution is 2.17. The molecule has 0 radical (unpaired) electrons. The smallest absolute Gasteiger partial charge is 0.191 e. The van der Waals surface area contributed by atoms with Gasteiger partial charge < -0.3 is 15.4 Å². The van der Waals surface area contributed by atoms with Crippen LogP contribution in [-0.2, 0) is 0 Å². The fourth-order valence-electron chi connectivity index (χ4n) is 1.51. The van der Waals surface area contributed by atoms with Crippen molar-refractivity contribution in [1.82, 2.24) is 10.6 Å². The Balaban J connectivity index is 2.03. The molecule has 21 heavy (non-hydrogen) atoms. The zero-order chi connectivity index (χ0) is 15.3. The van der Waals surface area contributed by atoms with Crippen molar-refractivity contribution in [2.45, 2.75) is 0 Å². The molecule has 6 heteroatoms. The summed E-state index contributed by atoms with van der Waals surface area (Å²) < 4.78 is 6.71. The van der Waals surface area contributed by atoms with E-state index in [1.54, 1.807) is 13.1 Å². The van der Waals surface area contributed by atoms with Gasteiger partial charge in [-0.2, -0.15) is 11.8 Å². The van der Waals surface area contributed by atoms with Crippen LogP contribution in [0.15, 0.2) is 46.4 Å². The van der Waals surface area contributed by atoms with Crippen molar-refractivity contribution in [3.63, 3.8) is 0 Å². The number of hydrogen-bond donors (Lipinski definition) is 2. The van der Waals surface area contributed by atoms with Crippen LogP contribution in [0.4, 0.5) is 0 Å². The summed E-state index contributed by atoms with van der Waals surface area (Å²) in [7, 11) is 1.76. The summed E-state index contributed by atoms with van der Waals surface area (Å²) in [6.45, 7) is 5.96. The molecule has 116 valence electrons. The van der Waals surface area contributed by atoms with E-state index in [-0.39, 0.29) is 0 Å². The van der Waals surface area contributed by atoms with Crippen LogP contribution in [0.5, 0.6) is 5.75 Å². The van der Waals surface area contributed by atoms with E-state index < -0.39 is 0 Å². The van der Waals surface area contributed by atoms with Crippen LogP contribution in [0, 0.1) is 0 Å². The first kappa shape index (κ1) is 17.9. The van der Waals surface area contributed by atoms with Gasteiger partial charge in [0.15, 0.2) is 5.96 Å². The highest BCUT2D eigenvalue weighted by molar-refractivity contribution is 9.10. The lowest BCUT2D eigenvalue weighted by atomic mass is 10.3. The molecule has 2 N–H and O–H groups in total. The standard InChI is InChI=1S/C15H22BrN3OS/c1-3-7-18-15(17-2)19-8-10-21-11-9-20-14-6-4-5-13(16)12-14/h3-6,12H,1,7-11H2,2H3,(H2,17,18,19). The van der Waals surface area contributed by atoms with Gasteiger partial charge >= 0.3 is 0 Å². The maximum atomic E-state index is 5.67. The van der Waals surface area contributed by atoms with Crippen molar-refractivity contribution in [3.8, 4) is 5.75 Å². The Morgan fingerprint density at radius 3 is 3.00 bits per heavy atom. The Labute approximate surface area is 139 Å². The minimum atomic E-state index is 0.713. The van der Waals surface area contributed by atoms with Gasteiger partial charge in [0.1, 0.15) is 5.75 Å². The van der Waals surface area contributed by atoms with Gasteiger partial charge in [0.05, 0.1) is 6.61 Å². The van der Waals surface area contributed by atoms with Gasteiger partial charge in [-0.25, -0.2) is 0 Å². The van der Waals surface area contributed by atoms with E-state index in [9.17, 15) is 0 Å². The van der Waals surface area contributed by atoms with Crippen LogP contribution in [0.3, 0.4) is 0 Å². The van der Waals surface area contributed by atoms with Crippen molar-refractivity contribution >= 4 is 33.7 Å². The number of aliphatic imine (C=N–C) groups is 1. The molecule has 1 aromatic rings. The van der Waals surface area contributed by atoms with Gasteiger partial charge in [-0.05, 0) is 18.2 Å². The molecule has 1 aromatic carbocycles. The van der Waals surface area contributed by atoms with E-state index in [2.05, 4.69) is 38.1 Å². The lowest BCUT2D eigenvalue weighted by Gasteiger charge is -2.10. The molecule has 0 fully saturated rings. The number of nitrogens with one attached hydrogen (secondary N) is 2. The van der Waals surface area contributed by atoms with Crippen LogP contribution < -0.4 is 15.4 Å². The minimum absolute atomic E-state index is 0.713. The lowest BCUT2D eigenvalue weighted by molar-refractivity contribution is 0.344. The van der Waals surface area contributed by atoms with Crippen LogP contribution in [0.25, 0.3) is 0 Å². The molecule has 4 nitrogen and oxygen atoms in total. The average molecular weight is 372 g/mol. The zero-order valence-corrected chi connectivity index (χ0v) is 14.7. The third kappa shape index (κ3) is 8.67.